The van der Waals surface area contributed by atoms with E-state index >= 15 is 0 Å². The molecule has 1 aliphatic heterocycles. The number of benzene rings is 2. The van der Waals surface area contributed by atoms with Crippen LogP contribution in [0.15, 0.2) is 59.6 Å². The highest BCUT2D eigenvalue weighted by Gasteiger charge is 2.39. The number of sulfonamides is 1. The molecule has 14 heteroatoms. The first-order valence-corrected chi connectivity index (χ1v) is 15.4. The molecule has 5 rings (SSSR count). The van der Waals surface area contributed by atoms with Gasteiger partial charge in [0.1, 0.15) is 4.90 Å². The lowest BCUT2D eigenvalue weighted by atomic mass is 9.94. The number of piperazine rings is 1. The average molecular weight is 621 g/mol. The molecule has 1 saturated carbocycles. The van der Waals surface area contributed by atoms with Crippen LogP contribution in [0.3, 0.4) is 0 Å². The summed E-state index contributed by atoms with van der Waals surface area (Å²) in [6, 6.07) is 10.6. The molecule has 43 heavy (non-hydrogen) atoms. The standard InChI is InChI=1S/C29H31F3N4O6S/c1-2-41-28(38)36-16-15-35(18-23(36)19-7-3-4-8-19)27(37)21-12-13-22(24(17-21)42-29(30,31)32)34-43(39,40)25-11-5-9-20-10-6-14-33-26(20)25/h5-6,9-14,17,19,23,34H,2-4,7-8,15-16,18H2,1H3. The van der Waals surface area contributed by atoms with Gasteiger partial charge in [-0.1, -0.05) is 31.0 Å². The number of nitrogens with one attached hydrogen (secondary N) is 1. The molecule has 0 bridgehead atoms. The summed E-state index contributed by atoms with van der Waals surface area (Å²) in [5.74, 6) is -1.27. The van der Waals surface area contributed by atoms with E-state index in [2.05, 4.69) is 14.4 Å². The number of amides is 2. The fraction of sp³-hybridized carbons (Fsp3) is 0.414. The highest BCUT2D eigenvalue weighted by atomic mass is 32.2. The quantitative estimate of drug-likeness (QED) is 0.376. The van der Waals surface area contributed by atoms with Gasteiger partial charge in [-0.25, -0.2) is 13.2 Å². The van der Waals surface area contributed by atoms with Gasteiger partial charge >= 0.3 is 12.5 Å². The summed E-state index contributed by atoms with van der Waals surface area (Å²) >= 11 is 0. The Balaban J connectivity index is 1.42. The van der Waals surface area contributed by atoms with Gasteiger partial charge in [0.25, 0.3) is 15.9 Å². The van der Waals surface area contributed by atoms with Crippen molar-refractivity contribution < 1.29 is 40.7 Å². The average Bonchev–Trinajstić information content (AvgIpc) is 3.51. The van der Waals surface area contributed by atoms with Crippen molar-refractivity contribution in [3.8, 4) is 5.75 Å². The van der Waals surface area contributed by atoms with E-state index in [1.54, 1.807) is 30.0 Å². The van der Waals surface area contributed by atoms with Gasteiger partial charge in [-0.15, -0.1) is 13.2 Å². The van der Waals surface area contributed by atoms with Crippen LogP contribution in [0.5, 0.6) is 5.75 Å². The SMILES string of the molecule is CCOC(=O)N1CCN(C(=O)c2ccc(NS(=O)(=O)c3cccc4cccnc34)c(OC(F)(F)F)c2)CC1C1CCCC1. The number of ether oxygens (including phenoxy) is 2. The maximum Gasteiger partial charge on any atom is 0.573 e. The first-order chi connectivity index (χ1) is 20.5. The molecule has 1 unspecified atom stereocenters. The van der Waals surface area contributed by atoms with Gasteiger partial charge < -0.3 is 19.3 Å². The lowest BCUT2D eigenvalue weighted by molar-refractivity contribution is -0.274. The summed E-state index contributed by atoms with van der Waals surface area (Å²) in [6.07, 6.45) is -0.400. The van der Waals surface area contributed by atoms with Crippen molar-refractivity contribution in [3.05, 3.63) is 60.3 Å². The topological polar surface area (TPSA) is 118 Å². The van der Waals surface area contributed by atoms with Gasteiger partial charge in [-0.05, 0) is 56.0 Å². The Morgan fingerprint density at radius 3 is 2.53 bits per heavy atom. The third-order valence-corrected chi connectivity index (χ3v) is 9.13. The molecule has 10 nitrogen and oxygen atoms in total. The summed E-state index contributed by atoms with van der Waals surface area (Å²) in [7, 11) is -4.41. The van der Waals surface area contributed by atoms with Crippen LogP contribution in [-0.2, 0) is 14.8 Å². The molecular formula is C29H31F3N4O6S. The molecule has 1 aromatic heterocycles. The molecule has 1 atom stereocenters. The van der Waals surface area contributed by atoms with Gasteiger partial charge in [0.15, 0.2) is 5.75 Å². The molecule has 3 aromatic rings. The van der Waals surface area contributed by atoms with Gasteiger partial charge in [0, 0.05) is 36.8 Å². The number of anilines is 1. The van der Waals surface area contributed by atoms with E-state index in [0.717, 1.165) is 37.8 Å². The van der Waals surface area contributed by atoms with Crippen LogP contribution < -0.4 is 9.46 Å². The van der Waals surface area contributed by atoms with E-state index in [4.69, 9.17) is 4.74 Å². The number of hydrogen-bond acceptors (Lipinski definition) is 7. The normalized spacial score (nSPS) is 18.1. The van der Waals surface area contributed by atoms with Gasteiger partial charge in [-0.2, -0.15) is 0 Å². The van der Waals surface area contributed by atoms with Crippen LogP contribution in [0.25, 0.3) is 10.9 Å². The molecular weight excluding hydrogens is 589 g/mol. The van der Waals surface area contributed by atoms with Crippen molar-refractivity contribution in [1.29, 1.82) is 0 Å². The number of fused-ring (bicyclic) bond motifs is 1. The Morgan fingerprint density at radius 1 is 1.07 bits per heavy atom. The summed E-state index contributed by atoms with van der Waals surface area (Å²) in [5.41, 5.74) is -0.483. The molecule has 1 N–H and O–H groups in total. The van der Waals surface area contributed by atoms with Crippen molar-refractivity contribution in [2.45, 2.75) is 49.9 Å². The minimum atomic E-state index is -5.16. The lowest BCUT2D eigenvalue weighted by Gasteiger charge is -2.43. The molecule has 230 valence electrons. The molecule has 0 spiro atoms. The minimum Gasteiger partial charge on any atom is -0.450 e. The smallest absolute Gasteiger partial charge is 0.450 e. The molecule has 1 aliphatic carbocycles. The zero-order valence-corrected chi connectivity index (χ0v) is 24.2. The van der Waals surface area contributed by atoms with Crippen LogP contribution in [0, 0.1) is 5.92 Å². The van der Waals surface area contributed by atoms with E-state index in [9.17, 15) is 31.2 Å². The number of carbonyl (C=O) groups is 2. The summed E-state index contributed by atoms with van der Waals surface area (Å²) in [5, 5.41) is 0.525. The van der Waals surface area contributed by atoms with E-state index < -0.39 is 39.8 Å². The number of pyridine rings is 1. The fourth-order valence-electron chi connectivity index (χ4n) is 5.80. The van der Waals surface area contributed by atoms with Gasteiger partial charge in [-0.3, -0.25) is 14.5 Å². The Hall–Kier alpha value is -4.07. The third-order valence-electron chi connectivity index (χ3n) is 7.74. The second-order valence-electron chi connectivity index (χ2n) is 10.5. The number of carbonyl (C=O) groups excluding carboxylic acids is 2. The predicted octanol–water partition coefficient (Wildman–Crippen LogP) is 5.41. The first-order valence-electron chi connectivity index (χ1n) is 14.0. The Bertz CT molecular complexity index is 1610. The fourth-order valence-corrected chi connectivity index (χ4v) is 7.05. The Labute approximate surface area is 246 Å². The second kappa shape index (κ2) is 12.3. The number of nitrogens with zero attached hydrogens (tertiary/aromatic N) is 3. The Morgan fingerprint density at radius 2 is 1.81 bits per heavy atom. The van der Waals surface area contributed by atoms with E-state index in [-0.39, 0.29) is 54.2 Å². The van der Waals surface area contributed by atoms with Gasteiger partial charge in [0.05, 0.1) is 23.9 Å². The summed E-state index contributed by atoms with van der Waals surface area (Å²) in [6.45, 7) is 2.49. The summed E-state index contributed by atoms with van der Waals surface area (Å²) < 4.78 is 78.4. The highest BCUT2D eigenvalue weighted by Crippen LogP contribution is 2.36. The number of halogens is 3. The zero-order valence-electron chi connectivity index (χ0n) is 23.3. The first kappa shape index (κ1) is 30.4. The monoisotopic (exact) mass is 620 g/mol. The van der Waals surface area contributed by atoms with E-state index in [0.29, 0.717) is 5.39 Å². The molecule has 2 heterocycles. The number of alkyl halides is 3. The largest absolute Gasteiger partial charge is 0.573 e. The number of hydrogen-bond donors (Lipinski definition) is 1. The van der Waals surface area contributed by atoms with Crippen LogP contribution in [0.4, 0.5) is 23.7 Å². The van der Waals surface area contributed by atoms with Crippen molar-refractivity contribution in [2.75, 3.05) is 31.0 Å². The van der Waals surface area contributed by atoms with Crippen molar-refractivity contribution in [1.82, 2.24) is 14.8 Å². The van der Waals surface area contributed by atoms with E-state index in [1.807, 2.05) is 0 Å². The maximum absolute atomic E-state index is 13.6. The van der Waals surface area contributed by atoms with Crippen LogP contribution in [-0.4, -0.2) is 73.8 Å². The molecule has 2 aliphatic rings. The number of para-hydroxylation sites is 1. The Kier molecular flexibility index (Phi) is 8.67. The molecule has 0 radical (unpaired) electrons. The van der Waals surface area contributed by atoms with Crippen LogP contribution in [0.1, 0.15) is 43.0 Å². The number of aromatic nitrogens is 1. The van der Waals surface area contributed by atoms with Crippen molar-refractivity contribution >= 4 is 38.6 Å². The molecule has 2 fully saturated rings. The number of rotatable bonds is 7. The maximum atomic E-state index is 13.6. The predicted molar refractivity (Wildman–Crippen MR) is 151 cm³/mol. The van der Waals surface area contributed by atoms with Gasteiger partial charge in [0.2, 0.25) is 0 Å². The highest BCUT2D eigenvalue weighted by molar-refractivity contribution is 7.93. The van der Waals surface area contributed by atoms with Crippen LogP contribution >= 0.6 is 0 Å². The molecule has 2 amide bonds. The zero-order chi connectivity index (χ0) is 30.8. The third kappa shape index (κ3) is 6.79. The van der Waals surface area contributed by atoms with Crippen molar-refractivity contribution in [3.63, 3.8) is 0 Å². The molecule has 2 aromatic carbocycles. The lowest BCUT2D eigenvalue weighted by Crippen LogP contribution is -2.58. The second-order valence-corrected chi connectivity index (χ2v) is 12.1. The summed E-state index contributed by atoms with van der Waals surface area (Å²) in [4.78, 5) is 33.2. The molecule has 1 saturated heterocycles. The van der Waals surface area contributed by atoms with Crippen molar-refractivity contribution in [2.24, 2.45) is 5.92 Å². The van der Waals surface area contributed by atoms with Crippen LogP contribution in [0.2, 0.25) is 0 Å². The minimum absolute atomic E-state index is 0.121. The van der Waals surface area contributed by atoms with E-state index in [1.165, 1.54) is 29.3 Å².